The van der Waals surface area contributed by atoms with Crippen molar-refractivity contribution < 1.29 is 14.6 Å². The van der Waals surface area contributed by atoms with Crippen molar-refractivity contribution in [3.05, 3.63) is 23.3 Å². The molecule has 0 spiro atoms. The molecule has 0 amide bonds. The van der Waals surface area contributed by atoms with E-state index in [1.54, 1.807) is 14.2 Å². The molecule has 0 aliphatic heterocycles. The molecule has 1 aromatic rings. The molecule has 1 aliphatic rings. The minimum absolute atomic E-state index is 0.240. The van der Waals surface area contributed by atoms with Gasteiger partial charge in [0.1, 0.15) is 11.5 Å². The molecule has 0 fully saturated rings. The minimum atomic E-state index is 0.240. The van der Waals surface area contributed by atoms with E-state index in [2.05, 4.69) is 6.07 Å². The number of hydrogen-bond acceptors (Lipinski definition) is 3. The van der Waals surface area contributed by atoms with Gasteiger partial charge in [0, 0.05) is 12.7 Å². The summed E-state index contributed by atoms with van der Waals surface area (Å²) in [5, 5.41) is 9.04. The predicted molar refractivity (Wildman–Crippen MR) is 62.3 cm³/mol. The van der Waals surface area contributed by atoms with E-state index in [1.165, 1.54) is 11.1 Å². The van der Waals surface area contributed by atoms with Gasteiger partial charge in [0.2, 0.25) is 0 Å². The molecule has 16 heavy (non-hydrogen) atoms. The lowest BCUT2D eigenvalue weighted by atomic mass is 9.98. The van der Waals surface area contributed by atoms with Crippen LogP contribution in [0.3, 0.4) is 0 Å². The third-order valence-electron chi connectivity index (χ3n) is 3.33. The molecule has 0 radical (unpaired) electrons. The molecule has 3 heteroatoms. The largest absolute Gasteiger partial charge is 0.497 e. The van der Waals surface area contributed by atoms with E-state index in [9.17, 15) is 0 Å². The number of fused-ring (bicyclic) bond motifs is 1. The Morgan fingerprint density at radius 1 is 1.31 bits per heavy atom. The second-order valence-corrected chi connectivity index (χ2v) is 4.15. The van der Waals surface area contributed by atoms with Crippen LogP contribution in [0.5, 0.6) is 11.5 Å². The summed E-state index contributed by atoms with van der Waals surface area (Å²) in [5.74, 6) is 2.19. The molecular weight excluding hydrogens is 204 g/mol. The molecule has 1 aromatic carbocycles. The Hall–Kier alpha value is -1.22. The summed E-state index contributed by atoms with van der Waals surface area (Å²) in [5.41, 5.74) is 2.56. The van der Waals surface area contributed by atoms with E-state index in [4.69, 9.17) is 14.6 Å². The van der Waals surface area contributed by atoms with E-state index in [1.807, 2.05) is 6.07 Å². The topological polar surface area (TPSA) is 38.7 Å². The Balaban J connectivity index is 2.40. The van der Waals surface area contributed by atoms with E-state index >= 15 is 0 Å². The van der Waals surface area contributed by atoms with Crippen LogP contribution in [0.25, 0.3) is 0 Å². The molecule has 1 aliphatic carbocycles. The fraction of sp³-hybridized carbons (Fsp3) is 0.538. The van der Waals surface area contributed by atoms with Crippen molar-refractivity contribution in [3.8, 4) is 11.5 Å². The van der Waals surface area contributed by atoms with Gasteiger partial charge in [-0.15, -0.1) is 0 Å². The average molecular weight is 222 g/mol. The number of benzene rings is 1. The maximum atomic E-state index is 9.04. The van der Waals surface area contributed by atoms with E-state index in [0.29, 0.717) is 5.92 Å². The quantitative estimate of drug-likeness (QED) is 0.848. The maximum Gasteiger partial charge on any atom is 0.126 e. The van der Waals surface area contributed by atoms with Crippen molar-refractivity contribution in [1.82, 2.24) is 0 Å². The molecule has 88 valence electrons. The maximum absolute atomic E-state index is 9.04. The highest BCUT2D eigenvalue weighted by atomic mass is 16.5. The van der Waals surface area contributed by atoms with Crippen molar-refractivity contribution in [2.75, 3.05) is 20.8 Å². The zero-order chi connectivity index (χ0) is 11.5. The molecular formula is C13H18O3. The highest BCUT2D eigenvalue weighted by Gasteiger charge is 2.25. The number of aliphatic hydroxyl groups excluding tert-OH is 1. The Labute approximate surface area is 96.0 Å². The highest BCUT2D eigenvalue weighted by molar-refractivity contribution is 5.50. The number of methoxy groups -OCH3 is 2. The molecule has 3 nitrogen and oxygen atoms in total. The number of ether oxygens (including phenoxy) is 2. The number of rotatable bonds is 4. The molecule has 1 unspecified atom stereocenters. The first-order chi connectivity index (χ1) is 7.80. The monoisotopic (exact) mass is 222 g/mol. The minimum Gasteiger partial charge on any atom is -0.497 e. The van der Waals surface area contributed by atoms with Gasteiger partial charge in [0.25, 0.3) is 0 Å². The summed E-state index contributed by atoms with van der Waals surface area (Å²) in [4.78, 5) is 0. The lowest BCUT2D eigenvalue weighted by Gasteiger charge is -2.13. The normalized spacial score (nSPS) is 18.3. The second kappa shape index (κ2) is 4.74. The van der Waals surface area contributed by atoms with Gasteiger partial charge >= 0.3 is 0 Å². The second-order valence-electron chi connectivity index (χ2n) is 4.15. The van der Waals surface area contributed by atoms with Gasteiger partial charge in [-0.2, -0.15) is 0 Å². The van der Waals surface area contributed by atoms with Gasteiger partial charge in [-0.05, 0) is 42.4 Å². The van der Waals surface area contributed by atoms with Gasteiger partial charge in [-0.3, -0.25) is 0 Å². The summed E-state index contributed by atoms with van der Waals surface area (Å²) in [7, 11) is 3.35. The van der Waals surface area contributed by atoms with Crippen LogP contribution in [-0.2, 0) is 6.42 Å². The van der Waals surface area contributed by atoms with Crippen LogP contribution in [0, 0.1) is 0 Å². The highest BCUT2D eigenvalue weighted by Crippen LogP contribution is 2.42. The molecule has 0 heterocycles. The summed E-state index contributed by atoms with van der Waals surface area (Å²) in [6, 6.07) is 4.01. The Morgan fingerprint density at radius 2 is 2.12 bits per heavy atom. The molecule has 0 saturated heterocycles. The van der Waals surface area contributed by atoms with Crippen LogP contribution >= 0.6 is 0 Å². The Morgan fingerprint density at radius 3 is 2.75 bits per heavy atom. The van der Waals surface area contributed by atoms with Crippen LogP contribution in [0.2, 0.25) is 0 Å². The molecule has 0 aromatic heterocycles. The third-order valence-corrected chi connectivity index (χ3v) is 3.33. The summed E-state index contributed by atoms with van der Waals surface area (Å²) in [6.07, 6.45) is 2.95. The lowest BCUT2D eigenvalue weighted by Crippen LogP contribution is -1.98. The molecule has 1 atom stereocenters. The zero-order valence-corrected chi connectivity index (χ0v) is 9.82. The third kappa shape index (κ3) is 1.87. The SMILES string of the molecule is COc1cc(OC)c2c(c1)C(CCO)CC2. The van der Waals surface area contributed by atoms with Crippen molar-refractivity contribution in [2.24, 2.45) is 0 Å². The summed E-state index contributed by atoms with van der Waals surface area (Å²) in [6.45, 7) is 0.240. The molecule has 0 bridgehead atoms. The van der Waals surface area contributed by atoms with Crippen molar-refractivity contribution >= 4 is 0 Å². The van der Waals surface area contributed by atoms with Crippen molar-refractivity contribution in [1.29, 1.82) is 0 Å². The Bertz CT molecular complexity index is 374. The molecule has 0 saturated carbocycles. The van der Waals surface area contributed by atoms with E-state index in [-0.39, 0.29) is 6.61 Å². The van der Waals surface area contributed by atoms with E-state index < -0.39 is 0 Å². The van der Waals surface area contributed by atoms with Gasteiger partial charge in [-0.1, -0.05) is 0 Å². The lowest BCUT2D eigenvalue weighted by molar-refractivity contribution is 0.275. The van der Waals surface area contributed by atoms with Gasteiger partial charge in [0.05, 0.1) is 14.2 Å². The number of aliphatic hydroxyl groups is 1. The van der Waals surface area contributed by atoms with E-state index in [0.717, 1.165) is 30.8 Å². The van der Waals surface area contributed by atoms with Gasteiger partial charge in [0.15, 0.2) is 0 Å². The first-order valence-corrected chi connectivity index (χ1v) is 5.65. The predicted octanol–water partition coefficient (Wildman–Crippen LogP) is 2.12. The van der Waals surface area contributed by atoms with Crippen LogP contribution in [0.1, 0.15) is 29.9 Å². The van der Waals surface area contributed by atoms with Crippen LogP contribution in [0.15, 0.2) is 12.1 Å². The molecule has 1 N–H and O–H groups in total. The van der Waals surface area contributed by atoms with Crippen LogP contribution in [0.4, 0.5) is 0 Å². The fourth-order valence-electron chi connectivity index (χ4n) is 2.50. The summed E-state index contributed by atoms with van der Waals surface area (Å²) >= 11 is 0. The first-order valence-electron chi connectivity index (χ1n) is 5.65. The average Bonchev–Trinajstić information content (AvgIpc) is 2.72. The fourth-order valence-corrected chi connectivity index (χ4v) is 2.50. The zero-order valence-electron chi connectivity index (χ0n) is 9.82. The first kappa shape index (κ1) is 11.3. The molecule has 2 rings (SSSR count). The smallest absolute Gasteiger partial charge is 0.126 e. The van der Waals surface area contributed by atoms with Crippen molar-refractivity contribution in [2.45, 2.75) is 25.2 Å². The van der Waals surface area contributed by atoms with Crippen molar-refractivity contribution in [3.63, 3.8) is 0 Å². The van der Waals surface area contributed by atoms with Crippen LogP contribution in [-0.4, -0.2) is 25.9 Å². The van der Waals surface area contributed by atoms with Gasteiger partial charge in [-0.25, -0.2) is 0 Å². The Kier molecular flexibility index (Phi) is 3.34. The summed E-state index contributed by atoms with van der Waals surface area (Å²) < 4.78 is 10.6. The number of hydrogen-bond donors (Lipinski definition) is 1. The van der Waals surface area contributed by atoms with Crippen LogP contribution < -0.4 is 9.47 Å². The standard InChI is InChI=1S/C13H18O3/c1-15-10-7-12-9(5-6-14)3-4-11(12)13(8-10)16-2/h7-9,14H,3-6H2,1-2H3. The van der Waals surface area contributed by atoms with Gasteiger partial charge < -0.3 is 14.6 Å².